The third-order valence-corrected chi connectivity index (χ3v) is 9.69. The minimum absolute atomic E-state index is 0.00165. The van der Waals surface area contributed by atoms with Crippen molar-refractivity contribution >= 4 is 47.0 Å². The number of anilines is 1. The summed E-state index contributed by atoms with van der Waals surface area (Å²) in [6.07, 6.45) is -1.99. The molecular formula is C40H63N9O11. The number of carbonyl (C=O) groups excluding carboxylic acids is 5. The van der Waals surface area contributed by atoms with Crippen molar-refractivity contribution in [1.29, 1.82) is 0 Å². The smallest absolute Gasteiger partial charge is 0.410 e. The molecule has 0 spiro atoms. The van der Waals surface area contributed by atoms with Crippen LogP contribution in [0.15, 0.2) is 12.7 Å². The van der Waals surface area contributed by atoms with E-state index in [2.05, 4.69) is 15.0 Å². The maximum absolute atomic E-state index is 14.0. The third kappa shape index (κ3) is 12.1. The fourth-order valence-electron chi connectivity index (χ4n) is 7.02. The molecule has 3 fully saturated rings. The summed E-state index contributed by atoms with van der Waals surface area (Å²) in [5.74, 6) is -1.34. The van der Waals surface area contributed by atoms with Gasteiger partial charge in [-0.25, -0.2) is 29.3 Å². The molecule has 0 saturated carbocycles. The maximum atomic E-state index is 14.0. The van der Waals surface area contributed by atoms with Gasteiger partial charge in [-0.15, -0.1) is 0 Å². The number of hydrogen-bond acceptors (Lipinski definition) is 15. The number of nitrogen functional groups attached to an aromatic ring is 1. The summed E-state index contributed by atoms with van der Waals surface area (Å²) in [5.41, 5.74) is 4.43. The number of imidazole rings is 1. The highest BCUT2D eigenvalue weighted by Gasteiger charge is 2.58. The average molecular weight is 846 g/mol. The molecule has 20 nitrogen and oxygen atoms in total. The fraction of sp³-hybridized carbons (Fsp3) is 0.750. The molecule has 5 rings (SSSR count). The summed E-state index contributed by atoms with van der Waals surface area (Å²) in [7, 11) is 0. The maximum Gasteiger partial charge on any atom is 0.410 e. The van der Waals surface area contributed by atoms with Crippen molar-refractivity contribution in [3.05, 3.63) is 12.7 Å². The van der Waals surface area contributed by atoms with E-state index in [1.54, 1.807) is 85.6 Å². The Labute approximate surface area is 351 Å². The number of Topliss-reactive ketones (excluding diaryl/α,β-unsaturated/α-hetero) is 1. The molecule has 0 aliphatic carbocycles. The summed E-state index contributed by atoms with van der Waals surface area (Å²) in [4.78, 5) is 86.7. The molecule has 5 heterocycles. The number of amides is 4. The second kappa shape index (κ2) is 18.0. The molecule has 3 aliphatic heterocycles. The van der Waals surface area contributed by atoms with Crippen LogP contribution in [-0.4, -0.2) is 162 Å². The van der Waals surface area contributed by atoms with E-state index in [0.29, 0.717) is 11.2 Å². The Balaban J connectivity index is 1.30. The van der Waals surface area contributed by atoms with Gasteiger partial charge in [-0.2, -0.15) is 0 Å². The van der Waals surface area contributed by atoms with E-state index in [1.165, 1.54) is 27.4 Å². The summed E-state index contributed by atoms with van der Waals surface area (Å²) >= 11 is 0. The summed E-state index contributed by atoms with van der Waals surface area (Å²) in [6.45, 7) is 19.9. The van der Waals surface area contributed by atoms with Crippen LogP contribution in [0, 0.1) is 0 Å². The summed E-state index contributed by atoms with van der Waals surface area (Å²) in [5, 5.41) is 0. The number of ketones is 1. The Hall–Kier alpha value is -4.82. The van der Waals surface area contributed by atoms with Gasteiger partial charge >= 0.3 is 18.3 Å². The van der Waals surface area contributed by atoms with Crippen LogP contribution in [0.4, 0.5) is 20.2 Å². The molecule has 60 heavy (non-hydrogen) atoms. The van der Waals surface area contributed by atoms with E-state index < -0.39 is 65.4 Å². The number of fused-ring (bicyclic) bond motifs is 2. The number of rotatable bonds is 6. The van der Waals surface area contributed by atoms with Crippen molar-refractivity contribution < 1.29 is 52.4 Å². The highest BCUT2D eigenvalue weighted by molar-refractivity contribution is 5.85. The first-order valence-corrected chi connectivity index (χ1v) is 20.5. The zero-order valence-electron chi connectivity index (χ0n) is 36.9. The van der Waals surface area contributed by atoms with Gasteiger partial charge < -0.3 is 53.8 Å². The molecule has 0 bridgehead atoms. The molecule has 4 amide bonds. The van der Waals surface area contributed by atoms with Crippen molar-refractivity contribution in [2.75, 3.05) is 58.1 Å². The van der Waals surface area contributed by atoms with E-state index in [-0.39, 0.29) is 89.1 Å². The minimum Gasteiger partial charge on any atom is -0.444 e. The first-order chi connectivity index (χ1) is 27.8. The van der Waals surface area contributed by atoms with Crippen LogP contribution in [0.2, 0.25) is 0 Å². The van der Waals surface area contributed by atoms with Gasteiger partial charge in [-0.1, -0.05) is 0 Å². The van der Waals surface area contributed by atoms with E-state index in [4.69, 9.17) is 34.2 Å². The van der Waals surface area contributed by atoms with Crippen molar-refractivity contribution in [2.24, 2.45) is 0 Å². The van der Waals surface area contributed by atoms with Crippen molar-refractivity contribution in [3.63, 3.8) is 0 Å². The number of aromatic nitrogens is 4. The normalized spacial score (nSPS) is 23.1. The molecule has 0 radical (unpaired) electrons. The lowest BCUT2D eigenvalue weighted by Crippen LogP contribution is -2.52. The van der Waals surface area contributed by atoms with E-state index in [9.17, 15) is 24.0 Å². The first-order valence-electron chi connectivity index (χ1n) is 20.5. The summed E-state index contributed by atoms with van der Waals surface area (Å²) in [6, 6.07) is 0. The summed E-state index contributed by atoms with van der Waals surface area (Å²) < 4.78 is 37.4. The van der Waals surface area contributed by atoms with E-state index in [0.717, 1.165) is 0 Å². The lowest BCUT2D eigenvalue weighted by Gasteiger charge is -2.36. The SMILES string of the molecule is CC(C)(C)OC(=O)N1CCN(C(=O)CCCC(=O)[C@H]2O[C@@H](n3cnc4c(N)ncnc43)[C@@H]3OC(C)(C)O[C@@H]32)CCN(C(=O)OC(C)(C)C)CCN(C(=O)OC(C)(C)C)CC1. The zero-order chi connectivity index (χ0) is 44.4. The molecule has 3 saturated heterocycles. The first kappa shape index (κ1) is 46.2. The zero-order valence-corrected chi connectivity index (χ0v) is 36.9. The Morgan fingerprint density at radius 2 is 1.13 bits per heavy atom. The quantitative estimate of drug-likeness (QED) is 0.404. The second-order valence-electron chi connectivity index (χ2n) is 18.7. The van der Waals surface area contributed by atoms with Crippen molar-refractivity contribution in [1.82, 2.24) is 39.1 Å². The standard InChI is InChI=1S/C40H63N9O11/c1-37(2,3)58-34(52)46-17-15-45(16-18-47(35(53)59-38(4,5)6)20-22-48(21-19-46)36(54)60-39(7,8)9)26(51)14-12-13-25(50)28-29-30(57-40(10,11)56-29)33(55-28)49-24-44-27-31(41)42-23-43-32(27)49/h23-24,28-30,33H,12-22H2,1-11H3,(H2,41,42,43)/t28-,29-,30-,33-/m1/s1. The Morgan fingerprint density at radius 3 is 1.60 bits per heavy atom. The number of carbonyl (C=O) groups is 5. The van der Waals surface area contributed by atoms with Crippen LogP contribution in [0.25, 0.3) is 11.2 Å². The molecule has 2 N–H and O–H groups in total. The lowest BCUT2D eigenvalue weighted by molar-refractivity contribution is -0.197. The van der Waals surface area contributed by atoms with E-state index in [1.807, 2.05) is 0 Å². The van der Waals surface area contributed by atoms with Gasteiger partial charge in [0, 0.05) is 65.2 Å². The number of nitrogens with zero attached hydrogens (tertiary/aromatic N) is 8. The molecule has 2 aromatic rings. The van der Waals surface area contributed by atoms with Crippen LogP contribution in [0.1, 0.15) is 102 Å². The minimum atomic E-state index is -1.000. The van der Waals surface area contributed by atoms with Gasteiger partial charge in [0.25, 0.3) is 0 Å². The van der Waals surface area contributed by atoms with Crippen LogP contribution in [0.5, 0.6) is 0 Å². The van der Waals surface area contributed by atoms with Gasteiger partial charge in [0.2, 0.25) is 5.91 Å². The van der Waals surface area contributed by atoms with Crippen LogP contribution in [0.3, 0.4) is 0 Å². The molecule has 334 valence electrons. The van der Waals surface area contributed by atoms with Gasteiger partial charge in [0.1, 0.15) is 47.0 Å². The van der Waals surface area contributed by atoms with Gasteiger partial charge in [-0.05, 0) is 82.6 Å². The number of hydrogen-bond donors (Lipinski definition) is 1. The average Bonchev–Trinajstić information content (AvgIpc) is 3.77. The van der Waals surface area contributed by atoms with Crippen molar-refractivity contribution in [2.45, 2.75) is 143 Å². The second-order valence-corrected chi connectivity index (χ2v) is 18.7. The molecule has 2 aromatic heterocycles. The topological polar surface area (TPSA) is 223 Å². The lowest BCUT2D eigenvalue weighted by atomic mass is 10.0. The Morgan fingerprint density at radius 1 is 0.683 bits per heavy atom. The van der Waals surface area contributed by atoms with E-state index >= 15 is 0 Å². The largest absolute Gasteiger partial charge is 0.444 e. The number of nitrogens with two attached hydrogens (primary N) is 1. The van der Waals surface area contributed by atoms with Crippen LogP contribution in [-0.2, 0) is 38.0 Å². The Kier molecular flexibility index (Phi) is 13.9. The predicted molar refractivity (Wildman–Crippen MR) is 216 cm³/mol. The van der Waals surface area contributed by atoms with Gasteiger partial charge in [-0.3, -0.25) is 14.2 Å². The monoisotopic (exact) mass is 845 g/mol. The fourth-order valence-corrected chi connectivity index (χ4v) is 7.02. The number of ether oxygens (including phenoxy) is 6. The van der Waals surface area contributed by atoms with Crippen LogP contribution >= 0.6 is 0 Å². The molecular weight excluding hydrogens is 782 g/mol. The molecule has 0 unspecified atom stereocenters. The predicted octanol–water partition coefficient (Wildman–Crippen LogP) is 4.12. The molecule has 4 atom stereocenters. The Bertz CT molecular complexity index is 1840. The van der Waals surface area contributed by atoms with Crippen LogP contribution < -0.4 is 5.73 Å². The molecule has 0 aromatic carbocycles. The molecule has 20 heteroatoms. The molecule has 3 aliphatic rings. The van der Waals surface area contributed by atoms with Gasteiger partial charge in [0.15, 0.2) is 29.3 Å². The highest BCUT2D eigenvalue weighted by Crippen LogP contribution is 2.44. The third-order valence-electron chi connectivity index (χ3n) is 9.69. The van der Waals surface area contributed by atoms with Gasteiger partial charge in [0.05, 0.1) is 6.33 Å². The highest BCUT2D eigenvalue weighted by atomic mass is 16.8. The van der Waals surface area contributed by atoms with Crippen molar-refractivity contribution in [3.8, 4) is 0 Å².